The Morgan fingerprint density at radius 2 is 2.12 bits per heavy atom. The monoisotopic (exact) mass is 238 g/mol. The third kappa shape index (κ3) is 4.56. The lowest BCUT2D eigenvalue weighted by molar-refractivity contribution is 0.158. The molecule has 0 unspecified atom stereocenters. The molecule has 0 aliphatic rings. The van der Waals surface area contributed by atoms with E-state index in [4.69, 9.17) is 10.5 Å². The number of ether oxygens (including phenoxy) is 1. The third-order valence-electron chi connectivity index (χ3n) is 2.24. The van der Waals surface area contributed by atoms with E-state index in [1.165, 1.54) is 0 Å². The second kappa shape index (κ2) is 5.82. The van der Waals surface area contributed by atoms with Gasteiger partial charge in [0.1, 0.15) is 17.5 Å². The lowest BCUT2D eigenvalue weighted by Crippen LogP contribution is -2.36. The molecule has 17 heavy (non-hydrogen) atoms. The minimum Gasteiger partial charge on any atom is -0.384 e. The molecule has 0 bridgehead atoms. The summed E-state index contributed by atoms with van der Waals surface area (Å²) in [6, 6.07) is 1.75. The highest BCUT2D eigenvalue weighted by atomic mass is 16.5. The van der Waals surface area contributed by atoms with Crippen molar-refractivity contribution in [1.82, 2.24) is 9.97 Å². The van der Waals surface area contributed by atoms with Gasteiger partial charge in [-0.05, 0) is 20.3 Å². The molecule has 0 atom stereocenters. The first-order valence-corrected chi connectivity index (χ1v) is 5.87. The summed E-state index contributed by atoms with van der Waals surface area (Å²) in [6.45, 7) is 6.79. The van der Waals surface area contributed by atoms with Crippen LogP contribution in [0.15, 0.2) is 6.07 Å². The molecule has 0 radical (unpaired) electrons. The fourth-order valence-corrected chi connectivity index (χ4v) is 1.66. The lowest BCUT2D eigenvalue weighted by atomic mass is 10.1. The van der Waals surface area contributed by atoms with Gasteiger partial charge in [0.15, 0.2) is 0 Å². The molecule has 0 aromatic carbocycles. The summed E-state index contributed by atoms with van der Waals surface area (Å²) < 4.78 is 5.15. The van der Waals surface area contributed by atoms with Crippen molar-refractivity contribution in [3.05, 3.63) is 11.9 Å². The third-order valence-corrected chi connectivity index (χ3v) is 2.24. The Kier molecular flexibility index (Phi) is 4.69. The number of anilines is 2. The van der Waals surface area contributed by atoms with E-state index in [2.05, 4.69) is 22.2 Å². The topological polar surface area (TPSA) is 73.1 Å². The van der Waals surface area contributed by atoms with E-state index in [1.807, 2.05) is 13.8 Å². The Morgan fingerprint density at radius 3 is 2.71 bits per heavy atom. The van der Waals surface area contributed by atoms with Gasteiger partial charge in [0.2, 0.25) is 0 Å². The SMILES string of the molecule is CCCc1nc(N)cc(NC(C)(C)COC)n1. The van der Waals surface area contributed by atoms with Gasteiger partial charge in [-0.25, -0.2) is 9.97 Å². The largest absolute Gasteiger partial charge is 0.384 e. The van der Waals surface area contributed by atoms with Crippen LogP contribution in [-0.4, -0.2) is 29.2 Å². The first-order valence-electron chi connectivity index (χ1n) is 5.87. The van der Waals surface area contributed by atoms with E-state index in [-0.39, 0.29) is 5.54 Å². The van der Waals surface area contributed by atoms with E-state index in [0.717, 1.165) is 24.5 Å². The quantitative estimate of drug-likeness (QED) is 0.791. The van der Waals surface area contributed by atoms with Gasteiger partial charge in [-0.1, -0.05) is 6.92 Å². The zero-order chi connectivity index (χ0) is 12.9. The molecule has 0 saturated carbocycles. The molecule has 1 aromatic heterocycles. The van der Waals surface area contributed by atoms with Gasteiger partial charge < -0.3 is 15.8 Å². The molecule has 3 N–H and O–H groups in total. The van der Waals surface area contributed by atoms with Crippen molar-refractivity contribution in [3.63, 3.8) is 0 Å². The standard InChI is InChI=1S/C12H22N4O/c1-5-6-10-14-9(13)7-11(15-10)16-12(2,3)8-17-4/h7H,5-6,8H2,1-4H3,(H3,13,14,15,16). The molecule has 0 spiro atoms. The highest BCUT2D eigenvalue weighted by Crippen LogP contribution is 2.15. The van der Waals surface area contributed by atoms with Gasteiger partial charge in [-0.2, -0.15) is 0 Å². The molecule has 1 rings (SSSR count). The summed E-state index contributed by atoms with van der Waals surface area (Å²) in [5.74, 6) is 2.03. The van der Waals surface area contributed by atoms with E-state index in [0.29, 0.717) is 12.4 Å². The second-order valence-electron chi connectivity index (χ2n) is 4.79. The normalized spacial score (nSPS) is 11.5. The van der Waals surface area contributed by atoms with Crippen molar-refractivity contribution < 1.29 is 4.74 Å². The summed E-state index contributed by atoms with van der Waals surface area (Å²) in [7, 11) is 1.68. The van der Waals surface area contributed by atoms with E-state index in [9.17, 15) is 0 Å². The number of nitrogens with one attached hydrogen (secondary N) is 1. The fourth-order valence-electron chi connectivity index (χ4n) is 1.66. The Labute approximate surface area is 103 Å². The number of methoxy groups -OCH3 is 1. The molecular weight excluding hydrogens is 216 g/mol. The Morgan fingerprint density at radius 1 is 1.41 bits per heavy atom. The van der Waals surface area contributed by atoms with Crippen molar-refractivity contribution in [2.75, 3.05) is 24.8 Å². The fraction of sp³-hybridized carbons (Fsp3) is 0.667. The van der Waals surface area contributed by atoms with Gasteiger partial charge in [-0.15, -0.1) is 0 Å². The Balaban J connectivity index is 2.83. The van der Waals surface area contributed by atoms with Gasteiger partial charge in [0, 0.05) is 19.6 Å². The Hall–Kier alpha value is -1.36. The van der Waals surface area contributed by atoms with Gasteiger partial charge >= 0.3 is 0 Å². The van der Waals surface area contributed by atoms with Crippen molar-refractivity contribution >= 4 is 11.6 Å². The van der Waals surface area contributed by atoms with Gasteiger partial charge in [0.25, 0.3) is 0 Å². The lowest BCUT2D eigenvalue weighted by Gasteiger charge is -2.26. The van der Waals surface area contributed by atoms with Crippen LogP contribution < -0.4 is 11.1 Å². The minimum atomic E-state index is -0.182. The number of nitrogens with zero attached hydrogens (tertiary/aromatic N) is 2. The van der Waals surface area contributed by atoms with Crippen LogP contribution in [0.1, 0.15) is 33.0 Å². The maximum absolute atomic E-state index is 5.76. The summed E-state index contributed by atoms with van der Waals surface area (Å²) in [6.07, 6.45) is 1.84. The first-order chi connectivity index (χ1) is 7.96. The number of nitrogen functional groups attached to an aromatic ring is 1. The molecule has 0 aliphatic heterocycles. The van der Waals surface area contributed by atoms with E-state index < -0.39 is 0 Å². The van der Waals surface area contributed by atoms with Crippen LogP contribution in [0.25, 0.3) is 0 Å². The summed E-state index contributed by atoms with van der Waals surface area (Å²) in [5, 5.41) is 3.30. The maximum atomic E-state index is 5.76. The molecule has 1 heterocycles. The number of nitrogens with two attached hydrogens (primary N) is 1. The molecule has 0 amide bonds. The number of aromatic nitrogens is 2. The summed E-state index contributed by atoms with van der Waals surface area (Å²) >= 11 is 0. The van der Waals surface area contributed by atoms with Crippen LogP contribution >= 0.6 is 0 Å². The molecule has 0 saturated heterocycles. The molecular formula is C12H22N4O. The van der Waals surface area contributed by atoms with Gasteiger partial charge in [-0.3, -0.25) is 0 Å². The van der Waals surface area contributed by atoms with Crippen molar-refractivity contribution in [2.24, 2.45) is 0 Å². The predicted octanol–water partition coefficient (Wildman–Crippen LogP) is 1.85. The molecule has 5 heteroatoms. The molecule has 5 nitrogen and oxygen atoms in total. The highest BCUT2D eigenvalue weighted by Gasteiger charge is 2.18. The average molecular weight is 238 g/mol. The van der Waals surface area contributed by atoms with Crippen LogP contribution in [0.2, 0.25) is 0 Å². The van der Waals surface area contributed by atoms with Crippen LogP contribution in [0, 0.1) is 0 Å². The first kappa shape index (κ1) is 13.7. The van der Waals surface area contributed by atoms with E-state index >= 15 is 0 Å². The predicted molar refractivity (Wildman–Crippen MR) is 70.0 cm³/mol. The number of hydrogen-bond donors (Lipinski definition) is 2. The number of hydrogen-bond acceptors (Lipinski definition) is 5. The molecule has 0 fully saturated rings. The summed E-state index contributed by atoms with van der Waals surface area (Å²) in [5.41, 5.74) is 5.58. The maximum Gasteiger partial charge on any atom is 0.133 e. The molecule has 96 valence electrons. The second-order valence-corrected chi connectivity index (χ2v) is 4.79. The van der Waals surface area contributed by atoms with Crippen molar-refractivity contribution in [1.29, 1.82) is 0 Å². The van der Waals surface area contributed by atoms with Crippen molar-refractivity contribution in [3.8, 4) is 0 Å². The smallest absolute Gasteiger partial charge is 0.133 e. The highest BCUT2D eigenvalue weighted by molar-refractivity contribution is 5.46. The van der Waals surface area contributed by atoms with Crippen LogP contribution in [0.3, 0.4) is 0 Å². The van der Waals surface area contributed by atoms with Crippen molar-refractivity contribution in [2.45, 2.75) is 39.2 Å². The zero-order valence-corrected chi connectivity index (χ0v) is 11.1. The average Bonchev–Trinajstić information content (AvgIpc) is 2.15. The summed E-state index contributed by atoms with van der Waals surface area (Å²) in [4.78, 5) is 8.63. The van der Waals surface area contributed by atoms with Crippen LogP contribution in [-0.2, 0) is 11.2 Å². The zero-order valence-electron chi connectivity index (χ0n) is 11.1. The van der Waals surface area contributed by atoms with Gasteiger partial charge in [0.05, 0.1) is 12.1 Å². The van der Waals surface area contributed by atoms with Crippen LogP contribution in [0.4, 0.5) is 11.6 Å². The number of rotatable bonds is 6. The van der Waals surface area contributed by atoms with Crippen LogP contribution in [0.5, 0.6) is 0 Å². The molecule has 0 aliphatic carbocycles. The Bertz CT molecular complexity index is 366. The molecule has 1 aromatic rings. The van der Waals surface area contributed by atoms with E-state index in [1.54, 1.807) is 13.2 Å². The number of aryl methyl sites for hydroxylation is 1. The minimum absolute atomic E-state index is 0.182.